The van der Waals surface area contributed by atoms with Crippen LogP contribution in [0.2, 0.25) is 0 Å². The van der Waals surface area contributed by atoms with Crippen LogP contribution in [0.1, 0.15) is 63.6 Å². The van der Waals surface area contributed by atoms with Gasteiger partial charge in [-0.1, -0.05) is 20.3 Å². The SMILES string of the molecule is CC1CCC(Nc2ncnc3c2CCCCC3)C(C)C1. The molecule has 1 saturated carbocycles. The Kier molecular flexibility index (Phi) is 4.23. The number of rotatable bonds is 2. The van der Waals surface area contributed by atoms with E-state index >= 15 is 0 Å². The van der Waals surface area contributed by atoms with Crippen LogP contribution in [0.5, 0.6) is 0 Å². The van der Waals surface area contributed by atoms with Crippen LogP contribution >= 0.6 is 0 Å². The van der Waals surface area contributed by atoms with E-state index in [1.54, 1.807) is 6.33 Å². The number of aryl methyl sites for hydroxylation is 1. The van der Waals surface area contributed by atoms with E-state index in [9.17, 15) is 0 Å². The van der Waals surface area contributed by atoms with Crippen molar-refractivity contribution in [1.29, 1.82) is 0 Å². The van der Waals surface area contributed by atoms with Crippen molar-refractivity contribution in [3.05, 3.63) is 17.6 Å². The first-order valence-electron chi connectivity index (χ1n) is 8.33. The number of aromatic nitrogens is 2. The van der Waals surface area contributed by atoms with Gasteiger partial charge in [0.15, 0.2) is 0 Å². The molecule has 1 fully saturated rings. The minimum atomic E-state index is 0.591. The van der Waals surface area contributed by atoms with Crippen molar-refractivity contribution < 1.29 is 0 Å². The average molecular weight is 273 g/mol. The fraction of sp³-hybridized carbons (Fsp3) is 0.765. The van der Waals surface area contributed by atoms with Crippen LogP contribution in [0.4, 0.5) is 5.82 Å². The zero-order chi connectivity index (χ0) is 13.9. The zero-order valence-corrected chi connectivity index (χ0v) is 12.9. The minimum absolute atomic E-state index is 0.591. The van der Waals surface area contributed by atoms with Crippen LogP contribution in [0, 0.1) is 11.8 Å². The Morgan fingerprint density at radius 3 is 2.75 bits per heavy atom. The van der Waals surface area contributed by atoms with Gasteiger partial charge in [-0.25, -0.2) is 9.97 Å². The number of anilines is 1. The molecule has 1 aromatic rings. The summed E-state index contributed by atoms with van der Waals surface area (Å²) in [4.78, 5) is 9.07. The van der Waals surface area contributed by atoms with Gasteiger partial charge in [0, 0.05) is 17.3 Å². The first-order chi connectivity index (χ1) is 9.74. The molecular formula is C17H27N3. The third kappa shape index (κ3) is 2.97. The van der Waals surface area contributed by atoms with E-state index in [4.69, 9.17) is 0 Å². The molecule has 3 rings (SSSR count). The van der Waals surface area contributed by atoms with E-state index in [0.717, 1.165) is 30.5 Å². The highest BCUT2D eigenvalue weighted by molar-refractivity contribution is 5.47. The molecule has 0 aliphatic heterocycles. The second-order valence-electron chi connectivity index (χ2n) is 6.85. The molecule has 20 heavy (non-hydrogen) atoms. The number of hydrogen-bond donors (Lipinski definition) is 1. The van der Waals surface area contributed by atoms with Crippen LogP contribution < -0.4 is 5.32 Å². The molecule has 0 spiro atoms. The molecule has 0 amide bonds. The summed E-state index contributed by atoms with van der Waals surface area (Å²) in [6, 6.07) is 0.591. The van der Waals surface area contributed by atoms with Crippen LogP contribution in [0.3, 0.4) is 0 Å². The van der Waals surface area contributed by atoms with Gasteiger partial charge in [-0.2, -0.15) is 0 Å². The summed E-state index contributed by atoms with van der Waals surface area (Å²) in [7, 11) is 0. The summed E-state index contributed by atoms with van der Waals surface area (Å²) in [5.74, 6) is 2.75. The zero-order valence-electron chi connectivity index (χ0n) is 12.9. The quantitative estimate of drug-likeness (QED) is 0.828. The van der Waals surface area contributed by atoms with Crippen molar-refractivity contribution in [3.8, 4) is 0 Å². The maximum absolute atomic E-state index is 4.56. The molecule has 2 aliphatic rings. The van der Waals surface area contributed by atoms with Crippen molar-refractivity contribution in [2.24, 2.45) is 11.8 Å². The first kappa shape index (κ1) is 13.8. The maximum Gasteiger partial charge on any atom is 0.133 e. The van der Waals surface area contributed by atoms with Crippen molar-refractivity contribution >= 4 is 5.82 Å². The normalized spacial score (nSPS) is 30.4. The van der Waals surface area contributed by atoms with E-state index in [1.807, 2.05) is 0 Å². The molecule has 1 N–H and O–H groups in total. The predicted octanol–water partition coefficient (Wildman–Crippen LogP) is 3.98. The van der Waals surface area contributed by atoms with Gasteiger partial charge in [0.05, 0.1) is 0 Å². The van der Waals surface area contributed by atoms with E-state index in [2.05, 4.69) is 29.1 Å². The molecule has 1 heterocycles. The fourth-order valence-corrected chi connectivity index (χ4v) is 3.88. The van der Waals surface area contributed by atoms with E-state index < -0.39 is 0 Å². The Labute approximate surface area is 122 Å². The van der Waals surface area contributed by atoms with Crippen LogP contribution in [0.25, 0.3) is 0 Å². The molecule has 3 heteroatoms. The monoisotopic (exact) mass is 273 g/mol. The van der Waals surface area contributed by atoms with Crippen LogP contribution in [-0.4, -0.2) is 16.0 Å². The summed E-state index contributed by atoms with van der Waals surface area (Å²) < 4.78 is 0. The number of nitrogens with one attached hydrogen (secondary N) is 1. The lowest BCUT2D eigenvalue weighted by Crippen LogP contribution is -2.33. The summed E-state index contributed by atoms with van der Waals surface area (Å²) >= 11 is 0. The van der Waals surface area contributed by atoms with Crippen molar-refractivity contribution in [2.75, 3.05) is 5.32 Å². The van der Waals surface area contributed by atoms with Crippen molar-refractivity contribution in [3.63, 3.8) is 0 Å². The van der Waals surface area contributed by atoms with Crippen LogP contribution in [-0.2, 0) is 12.8 Å². The number of nitrogens with zero attached hydrogens (tertiary/aromatic N) is 2. The Bertz CT molecular complexity index is 458. The molecule has 3 unspecified atom stereocenters. The molecule has 1 aromatic heterocycles. The van der Waals surface area contributed by atoms with Crippen molar-refractivity contribution in [2.45, 2.75) is 71.3 Å². The van der Waals surface area contributed by atoms with E-state index in [0.29, 0.717) is 6.04 Å². The fourth-order valence-electron chi connectivity index (χ4n) is 3.88. The Balaban J connectivity index is 1.77. The molecule has 3 nitrogen and oxygen atoms in total. The lowest BCUT2D eigenvalue weighted by molar-refractivity contribution is 0.276. The van der Waals surface area contributed by atoms with Gasteiger partial charge in [-0.05, 0) is 56.8 Å². The third-order valence-electron chi connectivity index (χ3n) is 5.13. The highest BCUT2D eigenvalue weighted by Crippen LogP contribution is 2.32. The Morgan fingerprint density at radius 2 is 1.90 bits per heavy atom. The van der Waals surface area contributed by atoms with E-state index in [1.165, 1.54) is 49.8 Å². The lowest BCUT2D eigenvalue weighted by Gasteiger charge is -2.34. The van der Waals surface area contributed by atoms with Gasteiger partial charge >= 0.3 is 0 Å². The van der Waals surface area contributed by atoms with Gasteiger partial charge in [0.2, 0.25) is 0 Å². The van der Waals surface area contributed by atoms with E-state index in [-0.39, 0.29) is 0 Å². The molecule has 3 atom stereocenters. The van der Waals surface area contributed by atoms with Gasteiger partial charge in [-0.15, -0.1) is 0 Å². The summed E-state index contributed by atoms with van der Waals surface area (Å²) in [5, 5.41) is 3.76. The average Bonchev–Trinajstić information content (AvgIpc) is 2.68. The molecule has 0 radical (unpaired) electrons. The largest absolute Gasteiger partial charge is 0.367 e. The van der Waals surface area contributed by atoms with Gasteiger partial charge in [-0.3, -0.25) is 0 Å². The lowest BCUT2D eigenvalue weighted by atomic mass is 9.80. The predicted molar refractivity (Wildman–Crippen MR) is 82.9 cm³/mol. The topological polar surface area (TPSA) is 37.8 Å². The molecular weight excluding hydrogens is 246 g/mol. The molecule has 2 aliphatic carbocycles. The number of fused-ring (bicyclic) bond motifs is 1. The molecule has 0 aromatic carbocycles. The Morgan fingerprint density at radius 1 is 1.05 bits per heavy atom. The smallest absolute Gasteiger partial charge is 0.133 e. The second kappa shape index (κ2) is 6.11. The number of hydrogen-bond acceptors (Lipinski definition) is 3. The highest BCUT2D eigenvalue weighted by Gasteiger charge is 2.26. The second-order valence-corrected chi connectivity index (χ2v) is 6.85. The van der Waals surface area contributed by atoms with Crippen molar-refractivity contribution in [1.82, 2.24) is 9.97 Å². The van der Waals surface area contributed by atoms with Gasteiger partial charge < -0.3 is 5.32 Å². The molecule has 110 valence electrons. The maximum atomic E-state index is 4.56. The highest BCUT2D eigenvalue weighted by atomic mass is 15.0. The van der Waals surface area contributed by atoms with Gasteiger partial charge in [0.1, 0.15) is 12.1 Å². The first-order valence-corrected chi connectivity index (χ1v) is 8.33. The summed E-state index contributed by atoms with van der Waals surface area (Å²) in [6.45, 7) is 4.76. The molecule has 0 saturated heterocycles. The van der Waals surface area contributed by atoms with Crippen LogP contribution in [0.15, 0.2) is 6.33 Å². The van der Waals surface area contributed by atoms with Gasteiger partial charge in [0.25, 0.3) is 0 Å². The standard InChI is InChI=1S/C17H27N3/c1-12-8-9-15(13(2)10-12)20-17-14-6-4-3-5-7-16(14)18-11-19-17/h11-13,15H,3-10H2,1-2H3,(H,18,19,20). The third-order valence-corrected chi connectivity index (χ3v) is 5.13. The minimum Gasteiger partial charge on any atom is -0.367 e. The summed E-state index contributed by atoms with van der Waals surface area (Å²) in [5.41, 5.74) is 2.69. The molecule has 0 bridgehead atoms. The summed E-state index contributed by atoms with van der Waals surface area (Å²) in [6.07, 6.45) is 11.9. The Hall–Kier alpha value is -1.12.